The lowest BCUT2D eigenvalue weighted by Crippen LogP contribution is -2.12. The van der Waals surface area contributed by atoms with Crippen LogP contribution in [0.1, 0.15) is 6.42 Å². The summed E-state index contributed by atoms with van der Waals surface area (Å²) in [5.41, 5.74) is 5.27. The summed E-state index contributed by atoms with van der Waals surface area (Å²) in [4.78, 5) is 0.361. The molecule has 0 spiro atoms. The average molecular weight is 278 g/mol. The molecular formula is C9H9BrFNOS. The molecule has 0 radical (unpaired) electrons. The van der Waals surface area contributed by atoms with Gasteiger partial charge >= 0.3 is 0 Å². The standard InChI is InChI=1S/C9H9BrFNOS/c10-6-1-2-7(11)8(5-6)13-4-3-9(12)14/h1-2,5H,3-4H2,(H2,12,14). The van der Waals surface area contributed by atoms with Crippen molar-refractivity contribution in [1.29, 1.82) is 0 Å². The van der Waals surface area contributed by atoms with Crippen LogP contribution < -0.4 is 10.5 Å². The molecule has 0 fully saturated rings. The lowest BCUT2D eigenvalue weighted by molar-refractivity contribution is 0.312. The van der Waals surface area contributed by atoms with E-state index in [9.17, 15) is 4.39 Å². The van der Waals surface area contributed by atoms with Gasteiger partial charge < -0.3 is 10.5 Å². The summed E-state index contributed by atoms with van der Waals surface area (Å²) >= 11 is 7.88. The van der Waals surface area contributed by atoms with Crippen LogP contribution in [0.3, 0.4) is 0 Å². The van der Waals surface area contributed by atoms with Gasteiger partial charge in [-0.3, -0.25) is 0 Å². The summed E-state index contributed by atoms with van der Waals surface area (Å²) in [6.45, 7) is 0.294. The fourth-order valence-electron chi connectivity index (χ4n) is 0.849. The minimum Gasteiger partial charge on any atom is -0.490 e. The summed E-state index contributed by atoms with van der Waals surface area (Å²) < 4.78 is 19.0. The van der Waals surface area contributed by atoms with E-state index < -0.39 is 5.82 Å². The molecule has 1 rings (SSSR count). The van der Waals surface area contributed by atoms with Crippen LogP contribution in [0.5, 0.6) is 5.75 Å². The zero-order valence-electron chi connectivity index (χ0n) is 7.30. The number of nitrogens with two attached hydrogens (primary N) is 1. The molecule has 0 bridgehead atoms. The number of hydrogen-bond acceptors (Lipinski definition) is 2. The van der Waals surface area contributed by atoms with Gasteiger partial charge in [-0.15, -0.1) is 0 Å². The summed E-state index contributed by atoms with van der Waals surface area (Å²) in [5, 5.41) is 0. The normalized spacial score (nSPS) is 9.86. The van der Waals surface area contributed by atoms with E-state index in [0.717, 1.165) is 4.47 Å². The molecule has 1 aromatic carbocycles. The second kappa shape index (κ2) is 5.26. The van der Waals surface area contributed by atoms with Gasteiger partial charge in [-0.2, -0.15) is 0 Å². The summed E-state index contributed by atoms with van der Waals surface area (Å²) in [6, 6.07) is 4.50. The summed E-state index contributed by atoms with van der Waals surface area (Å²) in [6.07, 6.45) is 0.446. The maximum Gasteiger partial charge on any atom is 0.165 e. The lowest BCUT2D eigenvalue weighted by atomic mass is 10.3. The van der Waals surface area contributed by atoms with Crippen molar-refractivity contribution in [3.63, 3.8) is 0 Å². The second-order valence-electron chi connectivity index (χ2n) is 2.64. The van der Waals surface area contributed by atoms with Crippen molar-refractivity contribution in [2.75, 3.05) is 6.61 Å². The maximum atomic E-state index is 13.1. The third kappa shape index (κ3) is 3.59. The van der Waals surface area contributed by atoms with E-state index in [1.807, 2.05) is 0 Å². The average Bonchev–Trinajstić information content (AvgIpc) is 2.10. The minimum atomic E-state index is -0.392. The van der Waals surface area contributed by atoms with Gasteiger partial charge in [-0.05, 0) is 18.2 Å². The number of ether oxygens (including phenoxy) is 1. The molecule has 14 heavy (non-hydrogen) atoms. The molecular weight excluding hydrogens is 269 g/mol. The van der Waals surface area contributed by atoms with E-state index in [1.54, 1.807) is 12.1 Å². The molecule has 0 aromatic heterocycles. The second-order valence-corrected chi connectivity index (χ2v) is 4.08. The van der Waals surface area contributed by atoms with Gasteiger partial charge in [-0.1, -0.05) is 28.1 Å². The van der Waals surface area contributed by atoms with Crippen molar-refractivity contribution < 1.29 is 9.13 Å². The van der Waals surface area contributed by atoms with Crippen LogP contribution in [0.15, 0.2) is 22.7 Å². The first-order chi connectivity index (χ1) is 6.59. The molecule has 2 nitrogen and oxygen atoms in total. The topological polar surface area (TPSA) is 35.2 Å². The Morgan fingerprint density at radius 2 is 2.29 bits per heavy atom. The maximum absolute atomic E-state index is 13.1. The summed E-state index contributed by atoms with van der Waals surface area (Å²) in [5.74, 6) is -0.188. The number of thiocarbonyl (C=S) groups is 1. The van der Waals surface area contributed by atoms with E-state index in [1.165, 1.54) is 6.07 Å². The Balaban J connectivity index is 2.57. The number of rotatable bonds is 4. The highest BCUT2D eigenvalue weighted by Crippen LogP contribution is 2.22. The van der Waals surface area contributed by atoms with Gasteiger partial charge in [0.15, 0.2) is 11.6 Å². The highest BCUT2D eigenvalue weighted by molar-refractivity contribution is 9.10. The molecule has 0 amide bonds. The monoisotopic (exact) mass is 277 g/mol. The first kappa shape index (κ1) is 11.4. The van der Waals surface area contributed by atoms with Crippen LogP contribution in [0.2, 0.25) is 0 Å². The Bertz CT molecular complexity index is 346. The predicted octanol–water partition coefficient (Wildman–Crippen LogP) is 2.64. The Hall–Kier alpha value is -0.680. The van der Waals surface area contributed by atoms with E-state index in [-0.39, 0.29) is 5.75 Å². The van der Waals surface area contributed by atoms with Crippen molar-refractivity contribution in [2.24, 2.45) is 5.73 Å². The van der Waals surface area contributed by atoms with Gasteiger partial charge in [0.2, 0.25) is 0 Å². The molecule has 0 aliphatic rings. The van der Waals surface area contributed by atoms with E-state index in [4.69, 9.17) is 10.5 Å². The molecule has 0 aliphatic heterocycles. The minimum absolute atomic E-state index is 0.204. The van der Waals surface area contributed by atoms with Crippen molar-refractivity contribution in [3.8, 4) is 5.75 Å². The Morgan fingerprint density at radius 1 is 1.57 bits per heavy atom. The SMILES string of the molecule is NC(=S)CCOc1cc(Br)ccc1F. The fraction of sp³-hybridized carbons (Fsp3) is 0.222. The zero-order chi connectivity index (χ0) is 10.6. The van der Waals surface area contributed by atoms with Crippen molar-refractivity contribution >= 4 is 33.1 Å². The molecule has 5 heteroatoms. The fourth-order valence-corrected chi connectivity index (χ4v) is 1.27. The Morgan fingerprint density at radius 3 is 2.93 bits per heavy atom. The molecule has 0 heterocycles. The molecule has 0 saturated carbocycles. The largest absolute Gasteiger partial charge is 0.490 e. The highest BCUT2D eigenvalue weighted by atomic mass is 79.9. The third-order valence-corrected chi connectivity index (χ3v) is 2.20. The van der Waals surface area contributed by atoms with Gasteiger partial charge in [0.1, 0.15) is 0 Å². The first-order valence-electron chi connectivity index (χ1n) is 3.96. The number of benzene rings is 1. The van der Waals surface area contributed by atoms with Gasteiger partial charge in [-0.25, -0.2) is 4.39 Å². The van der Waals surface area contributed by atoms with Crippen molar-refractivity contribution in [3.05, 3.63) is 28.5 Å². The van der Waals surface area contributed by atoms with E-state index >= 15 is 0 Å². The molecule has 0 aliphatic carbocycles. The number of halogens is 2. The molecule has 0 unspecified atom stereocenters. The van der Waals surface area contributed by atoms with E-state index in [0.29, 0.717) is 18.0 Å². The van der Waals surface area contributed by atoms with Crippen LogP contribution >= 0.6 is 28.1 Å². The van der Waals surface area contributed by atoms with E-state index in [2.05, 4.69) is 28.1 Å². The molecule has 0 saturated heterocycles. The number of hydrogen-bond donors (Lipinski definition) is 1. The third-order valence-electron chi connectivity index (χ3n) is 1.50. The van der Waals surface area contributed by atoms with Crippen molar-refractivity contribution in [2.45, 2.75) is 6.42 Å². The first-order valence-corrected chi connectivity index (χ1v) is 5.16. The highest BCUT2D eigenvalue weighted by Gasteiger charge is 2.03. The summed E-state index contributed by atoms with van der Waals surface area (Å²) in [7, 11) is 0. The molecule has 2 N–H and O–H groups in total. The Labute approximate surface area is 95.4 Å². The zero-order valence-corrected chi connectivity index (χ0v) is 9.70. The van der Waals surface area contributed by atoms with Gasteiger partial charge in [0, 0.05) is 10.9 Å². The van der Waals surface area contributed by atoms with Gasteiger partial charge in [0.25, 0.3) is 0 Å². The smallest absolute Gasteiger partial charge is 0.165 e. The van der Waals surface area contributed by atoms with Crippen LogP contribution in [-0.2, 0) is 0 Å². The van der Waals surface area contributed by atoms with Crippen LogP contribution in [0.25, 0.3) is 0 Å². The molecule has 0 atom stereocenters. The Kier molecular flexibility index (Phi) is 4.28. The predicted molar refractivity (Wildman–Crippen MR) is 61.0 cm³/mol. The van der Waals surface area contributed by atoms with Crippen LogP contribution in [-0.4, -0.2) is 11.6 Å². The van der Waals surface area contributed by atoms with Crippen LogP contribution in [0, 0.1) is 5.82 Å². The quantitative estimate of drug-likeness (QED) is 0.860. The van der Waals surface area contributed by atoms with Crippen molar-refractivity contribution in [1.82, 2.24) is 0 Å². The van der Waals surface area contributed by atoms with Crippen LogP contribution in [0.4, 0.5) is 4.39 Å². The molecule has 76 valence electrons. The van der Waals surface area contributed by atoms with Gasteiger partial charge in [0.05, 0.1) is 11.6 Å². The molecule has 1 aromatic rings. The lowest BCUT2D eigenvalue weighted by Gasteiger charge is -2.06.